The highest BCUT2D eigenvalue weighted by Crippen LogP contribution is 2.31. The van der Waals surface area contributed by atoms with Crippen molar-refractivity contribution in [1.29, 1.82) is 0 Å². The van der Waals surface area contributed by atoms with Crippen molar-refractivity contribution in [2.24, 2.45) is 5.41 Å². The molecule has 1 rings (SSSR count). The molecular weight excluding hydrogens is 290 g/mol. The summed E-state index contributed by atoms with van der Waals surface area (Å²) in [5.74, 6) is -2.42. The molecule has 0 aliphatic rings. The van der Waals surface area contributed by atoms with Gasteiger partial charge in [0.2, 0.25) is 0 Å². The van der Waals surface area contributed by atoms with Gasteiger partial charge in [0.15, 0.2) is 5.41 Å². The first-order chi connectivity index (χ1) is 9.22. The lowest BCUT2D eigenvalue weighted by Crippen LogP contribution is -2.39. The molecule has 1 unspecified atom stereocenters. The number of halogens is 1. The largest absolute Gasteiger partial charge is 0.480 e. The lowest BCUT2D eigenvalue weighted by atomic mass is 9.83. The number of hydrogen-bond acceptors (Lipinski definition) is 5. The number of benzene rings is 1. The second kappa shape index (κ2) is 5.87. The van der Waals surface area contributed by atoms with Gasteiger partial charge in [0.05, 0.1) is 12.0 Å². The van der Waals surface area contributed by atoms with Crippen LogP contribution < -0.4 is 0 Å². The standard InChI is InChI=1S/C12H12ClNO6/c1-12(10(15)16,11(17)20-2)6-7-5-8(13)3-4-9(7)14(18)19/h3-5H,6H2,1-2H3,(H,15,16). The van der Waals surface area contributed by atoms with E-state index in [0.29, 0.717) is 0 Å². The average Bonchev–Trinajstić information content (AvgIpc) is 2.36. The predicted molar refractivity (Wildman–Crippen MR) is 69.6 cm³/mol. The normalized spacial score (nSPS) is 13.3. The summed E-state index contributed by atoms with van der Waals surface area (Å²) in [6.45, 7) is 1.14. The van der Waals surface area contributed by atoms with E-state index in [2.05, 4.69) is 4.74 Å². The van der Waals surface area contributed by atoms with Gasteiger partial charge in [0.1, 0.15) is 0 Å². The van der Waals surface area contributed by atoms with Gasteiger partial charge in [-0.3, -0.25) is 19.7 Å². The van der Waals surface area contributed by atoms with Gasteiger partial charge in [-0.1, -0.05) is 11.6 Å². The smallest absolute Gasteiger partial charge is 0.323 e. The Kier molecular flexibility index (Phi) is 4.67. The molecule has 1 aromatic rings. The molecule has 1 N–H and O–H groups in total. The van der Waals surface area contributed by atoms with Crippen molar-refractivity contribution in [3.63, 3.8) is 0 Å². The van der Waals surface area contributed by atoms with Crippen LogP contribution >= 0.6 is 11.6 Å². The number of rotatable bonds is 5. The average molecular weight is 302 g/mol. The molecule has 0 saturated heterocycles. The molecule has 8 heteroatoms. The van der Waals surface area contributed by atoms with Crippen LogP contribution in [0.1, 0.15) is 12.5 Å². The summed E-state index contributed by atoms with van der Waals surface area (Å²) < 4.78 is 4.46. The summed E-state index contributed by atoms with van der Waals surface area (Å²) in [4.78, 5) is 33.2. The Morgan fingerprint density at radius 2 is 2.10 bits per heavy atom. The van der Waals surface area contributed by atoms with Crippen molar-refractivity contribution in [1.82, 2.24) is 0 Å². The van der Waals surface area contributed by atoms with E-state index >= 15 is 0 Å². The van der Waals surface area contributed by atoms with E-state index in [1.54, 1.807) is 0 Å². The molecule has 108 valence electrons. The van der Waals surface area contributed by atoms with E-state index in [-0.39, 0.29) is 16.3 Å². The third-order valence-electron chi connectivity index (χ3n) is 2.89. The fourth-order valence-corrected chi connectivity index (χ4v) is 1.91. The molecule has 7 nitrogen and oxygen atoms in total. The third-order valence-corrected chi connectivity index (χ3v) is 3.13. The van der Waals surface area contributed by atoms with Crippen LogP contribution in [-0.2, 0) is 20.7 Å². The van der Waals surface area contributed by atoms with Crippen LogP contribution in [0.2, 0.25) is 5.02 Å². The minimum Gasteiger partial charge on any atom is -0.480 e. The van der Waals surface area contributed by atoms with E-state index in [1.807, 2.05) is 0 Å². The summed E-state index contributed by atoms with van der Waals surface area (Å²) in [6.07, 6.45) is -0.397. The third kappa shape index (κ3) is 3.05. The quantitative estimate of drug-likeness (QED) is 0.386. The van der Waals surface area contributed by atoms with E-state index in [9.17, 15) is 24.8 Å². The highest BCUT2D eigenvalue weighted by atomic mass is 35.5. The molecule has 0 fully saturated rings. The lowest BCUT2D eigenvalue weighted by molar-refractivity contribution is -0.385. The maximum atomic E-state index is 11.6. The molecule has 0 aromatic heterocycles. The molecule has 0 saturated carbocycles. The van der Waals surface area contributed by atoms with Gasteiger partial charge in [-0.25, -0.2) is 0 Å². The van der Waals surface area contributed by atoms with Crippen LogP contribution in [0.15, 0.2) is 18.2 Å². The second-order valence-corrected chi connectivity index (χ2v) is 4.77. The number of aliphatic carboxylic acids is 1. The van der Waals surface area contributed by atoms with E-state index < -0.39 is 28.7 Å². The number of carboxylic acid groups (broad SMARTS) is 1. The summed E-state index contributed by atoms with van der Waals surface area (Å²) in [5.41, 5.74) is -2.17. The first kappa shape index (κ1) is 15.9. The maximum absolute atomic E-state index is 11.6. The van der Waals surface area contributed by atoms with Crippen molar-refractivity contribution in [2.75, 3.05) is 7.11 Å². The number of carboxylic acids is 1. The molecule has 0 aliphatic heterocycles. The number of carbonyl (C=O) groups is 2. The zero-order valence-corrected chi connectivity index (χ0v) is 11.5. The number of ether oxygens (including phenoxy) is 1. The van der Waals surface area contributed by atoms with Gasteiger partial charge in [-0.05, 0) is 19.1 Å². The number of nitro groups is 1. The van der Waals surface area contributed by atoms with Crippen molar-refractivity contribution < 1.29 is 24.4 Å². The van der Waals surface area contributed by atoms with Gasteiger partial charge in [-0.2, -0.15) is 0 Å². The number of nitrogens with zero attached hydrogens (tertiary/aromatic N) is 1. The van der Waals surface area contributed by atoms with Crippen LogP contribution in [-0.4, -0.2) is 29.1 Å². The monoisotopic (exact) mass is 301 g/mol. The number of methoxy groups -OCH3 is 1. The fourth-order valence-electron chi connectivity index (χ4n) is 1.72. The molecule has 0 heterocycles. The first-order valence-corrected chi connectivity index (χ1v) is 5.85. The molecule has 0 radical (unpaired) electrons. The SMILES string of the molecule is COC(=O)C(C)(Cc1cc(Cl)ccc1[N+](=O)[O-])C(=O)O. The van der Waals surface area contributed by atoms with Gasteiger partial charge >= 0.3 is 11.9 Å². The van der Waals surface area contributed by atoms with Crippen LogP contribution in [0.4, 0.5) is 5.69 Å². The van der Waals surface area contributed by atoms with Crippen LogP contribution in [0.5, 0.6) is 0 Å². The van der Waals surface area contributed by atoms with Crippen molar-refractivity contribution in [2.45, 2.75) is 13.3 Å². The Balaban J connectivity index is 3.31. The molecule has 0 bridgehead atoms. The summed E-state index contributed by atoms with van der Waals surface area (Å²) in [5, 5.41) is 20.3. The first-order valence-electron chi connectivity index (χ1n) is 5.47. The van der Waals surface area contributed by atoms with Gasteiger partial charge in [0.25, 0.3) is 5.69 Å². The van der Waals surface area contributed by atoms with Gasteiger partial charge < -0.3 is 9.84 Å². The summed E-state index contributed by atoms with van der Waals surface area (Å²) >= 11 is 5.76. The number of carbonyl (C=O) groups excluding carboxylic acids is 1. The Morgan fingerprint density at radius 1 is 1.50 bits per heavy atom. The summed E-state index contributed by atoms with van der Waals surface area (Å²) in [7, 11) is 1.05. The number of esters is 1. The molecule has 0 spiro atoms. The zero-order valence-electron chi connectivity index (χ0n) is 10.8. The second-order valence-electron chi connectivity index (χ2n) is 4.34. The highest BCUT2D eigenvalue weighted by molar-refractivity contribution is 6.30. The molecule has 0 aliphatic carbocycles. The lowest BCUT2D eigenvalue weighted by Gasteiger charge is -2.21. The maximum Gasteiger partial charge on any atom is 0.323 e. The molecule has 1 atom stereocenters. The molecule has 0 amide bonds. The highest BCUT2D eigenvalue weighted by Gasteiger charge is 2.44. The van der Waals surface area contributed by atoms with Crippen LogP contribution in [0, 0.1) is 15.5 Å². The fraction of sp³-hybridized carbons (Fsp3) is 0.333. The van der Waals surface area contributed by atoms with Crippen LogP contribution in [0.25, 0.3) is 0 Å². The minimum absolute atomic E-state index is 0.0535. The minimum atomic E-state index is -1.93. The Labute approximate surface area is 119 Å². The topological polar surface area (TPSA) is 107 Å². The molecular formula is C12H12ClNO6. The van der Waals surface area contributed by atoms with Gasteiger partial charge in [0, 0.05) is 23.1 Å². The van der Waals surface area contributed by atoms with E-state index in [1.165, 1.54) is 12.1 Å². The molecule has 1 aromatic carbocycles. The Morgan fingerprint density at radius 3 is 2.55 bits per heavy atom. The predicted octanol–water partition coefficient (Wildman–Crippen LogP) is 2.05. The Bertz CT molecular complexity index is 573. The van der Waals surface area contributed by atoms with Crippen molar-refractivity contribution in [3.05, 3.63) is 38.9 Å². The van der Waals surface area contributed by atoms with Crippen LogP contribution in [0.3, 0.4) is 0 Å². The zero-order chi connectivity index (χ0) is 15.5. The van der Waals surface area contributed by atoms with Crippen molar-refractivity contribution >= 4 is 29.2 Å². The van der Waals surface area contributed by atoms with Crippen molar-refractivity contribution in [3.8, 4) is 0 Å². The number of hydrogen-bond donors (Lipinski definition) is 1. The molecule has 20 heavy (non-hydrogen) atoms. The Hall–Kier alpha value is -2.15. The van der Waals surface area contributed by atoms with E-state index in [0.717, 1.165) is 20.1 Å². The number of nitro benzene ring substituents is 1. The van der Waals surface area contributed by atoms with E-state index in [4.69, 9.17) is 11.6 Å². The summed E-state index contributed by atoms with van der Waals surface area (Å²) in [6, 6.07) is 3.75. The van der Waals surface area contributed by atoms with Gasteiger partial charge in [-0.15, -0.1) is 0 Å².